The number of nitrogens with one attached hydrogen (secondary N) is 3. The molecule has 1 aromatic carbocycles. The molecular formula is C25H26F6N4O7. The summed E-state index contributed by atoms with van der Waals surface area (Å²) in [4.78, 5) is 64.9. The van der Waals surface area contributed by atoms with Gasteiger partial charge in [0.25, 0.3) is 0 Å². The van der Waals surface area contributed by atoms with Crippen LogP contribution in [0.25, 0.3) is 0 Å². The Morgan fingerprint density at radius 3 is 2.36 bits per heavy atom. The van der Waals surface area contributed by atoms with Gasteiger partial charge in [0, 0.05) is 19.0 Å². The molecule has 3 fully saturated rings. The van der Waals surface area contributed by atoms with E-state index in [0.717, 1.165) is 17.0 Å². The van der Waals surface area contributed by atoms with E-state index in [4.69, 9.17) is 0 Å². The molecule has 0 bridgehead atoms. The van der Waals surface area contributed by atoms with Crippen molar-refractivity contribution in [3.8, 4) is 5.75 Å². The Morgan fingerprint density at radius 2 is 1.76 bits per heavy atom. The second-order valence-corrected chi connectivity index (χ2v) is 10.4. The summed E-state index contributed by atoms with van der Waals surface area (Å²) >= 11 is 0. The van der Waals surface area contributed by atoms with E-state index in [9.17, 15) is 50.3 Å². The van der Waals surface area contributed by atoms with E-state index in [-0.39, 0.29) is 32.4 Å². The normalized spacial score (nSPS) is 22.0. The second-order valence-electron chi connectivity index (χ2n) is 10.4. The quantitative estimate of drug-likeness (QED) is 0.288. The molecule has 2 aliphatic heterocycles. The lowest BCUT2D eigenvalue weighted by Gasteiger charge is -2.26. The van der Waals surface area contributed by atoms with Gasteiger partial charge in [0.15, 0.2) is 11.5 Å². The number of nitrogens with zero attached hydrogens (tertiary/aromatic N) is 1. The molecule has 1 aliphatic carbocycles. The highest BCUT2D eigenvalue weighted by Gasteiger charge is 2.56. The van der Waals surface area contributed by atoms with E-state index in [1.807, 2.05) is 0 Å². The summed E-state index contributed by atoms with van der Waals surface area (Å²) in [7, 11) is 0. The van der Waals surface area contributed by atoms with Crippen LogP contribution in [0.3, 0.4) is 0 Å². The summed E-state index contributed by atoms with van der Waals surface area (Å²) in [5.41, 5.74) is -0.959. The number of ketones is 1. The number of halogens is 6. The minimum atomic E-state index is -5.13. The Labute approximate surface area is 234 Å². The maximum absolute atomic E-state index is 13.3. The van der Waals surface area contributed by atoms with Gasteiger partial charge < -0.3 is 25.6 Å². The van der Waals surface area contributed by atoms with Crippen LogP contribution >= 0.6 is 0 Å². The Bertz CT molecular complexity index is 1250. The Morgan fingerprint density at radius 1 is 1.07 bits per heavy atom. The molecule has 230 valence electrons. The maximum atomic E-state index is 13.3. The lowest BCUT2D eigenvalue weighted by Crippen LogP contribution is -2.53. The molecule has 0 aromatic heterocycles. The van der Waals surface area contributed by atoms with Gasteiger partial charge in [-0.2, -0.15) is 0 Å². The van der Waals surface area contributed by atoms with Crippen molar-refractivity contribution in [1.29, 1.82) is 0 Å². The lowest BCUT2D eigenvalue weighted by molar-refractivity contribution is -0.321. The summed E-state index contributed by atoms with van der Waals surface area (Å²) in [6, 6.07) is 1.61. The Balaban J connectivity index is 1.48. The van der Waals surface area contributed by atoms with Crippen LogP contribution in [-0.4, -0.2) is 78.8 Å². The van der Waals surface area contributed by atoms with Crippen LogP contribution in [-0.2, 0) is 28.7 Å². The van der Waals surface area contributed by atoms with Crippen molar-refractivity contribution in [2.45, 2.75) is 56.9 Å². The van der Waals surface area contributed by atoms with E-state index in [1.165, 1.54) is 12.1 Å². The summed E-state index contributed by atoms with van der Waals surface area (Å²) in [5, 5.41) is 6.91. The fraction of sp³-hybridized carbons (Fsp3) is 0.560. The zero-order chi connectivity index (χ0) is 30.9. The van der Waals surface area contributed by atoms with Crippen molar-refractivity contribution in [2.75, 3.05) is 25.0 Å². The van der Waals surface area contributed by atoms with Gasteiger partial charge in [0.05, 0.1) is 11.7 Å². The van der Waals surface area contributed by atoms with Gasteiger partial charge in [0.1, 0.15) is 12.6 Å². The first-order valence-corrected chi connectivity index (χ1v) is 12.8. The van der Waals surface area contributed by atoms with Gasteiger partial charge >= 0.3 is 24.5 Å². The van der Waals surface area contributed by atoms with E-state index >= 15 is 0 Å². The average Bonchev–Trinajstić information content (AvgIpc) is 3.35. The highest BCUT2D eigenvalue weighted by atomic mass is 19.4. The molecule has 2 heterocycles. The largest absolute Gasteiger partial charge is 0.573 e. The third-order valence-electron chi connectivity index (χ3n) is 7.35. The van der Waals surface area contributed by atoms with Crippen LogP contribution in [0.1, 0.15) is 32.1 Å². The van der Waals surface area contributed by atoms with Crippen molar-refractivity contribution in [3.05, 3.63) is 24.3 Å². The van der Waals surface area contributed by atoms with Crippen molar-refractivity contribution in [3.63, 3.8) is 0 Å². The molecule has 3 atom stereocenters. The predicted octanol–water partition coefficient (Wildman–Crippen LogP) is 2.02. The van der Waals surface area contributed by atoms with Crippen LogP contribution in [0.15, 0.2) is 24.3 Å². The molecular weight excluding hydrogens is 582 g/mol. The number of carbonyl (C=O) groups excluding carboxylic acids is 5. The predicted molar refractivity (Wildman–Crippen MR) is 128 cm³/mol. The van der Waals surface area contributed by atoms with Crippen LogP contribution in [0.2, 0.25) is 0 Å². The Hall–Kier alpha value is -3.89. The minimum absolute atomic E-state index is 0.0428. The van der Waals surface area contributed by atoms with E-state index in [0.29, 0.717) is 12.8 Å². The highest BCUT2D eigenvalue weighted by Crippen LogP contribution is 2.54. The van der Waals surface area contributed by atoms with Crippen LogP contribution in [0.4, 0.5) is 32.0 Å². The molecule has 11 nitrogen and oxygen atoms in total. The number of hydrogen-bond acceptors (Lipinski definition) is 7. The number of Topliss-reactive ketones (excluding diaryl/α,β-unsaturated/α-hetero) is 1. The molecule has 42 heavy (non-hydrogen) atoms. The van der Waals surface area contributed by atoms with Crippen molar-refractivity contribution in [2.24, 2.45) is 11.3 Å². The van der Waals surface area contributed by atoms with Gasteiger partial charge in [-0.05, 0) is 49.7 Å². The van der Waals surface area contributed by atoms with Crippen molar-refractivity contribution < 1.29 is 59.8 Å². The fourth-order valence-electron chi connectivity index (χ4n) is 5.08. The maximum Gasteiger partial charge on any atom is 0.573 e. The van der Waals surface area contributed by atoms with Gasteiger partial charge in [-0.25, -0.2) is 0 Å². The number of amides is 4. The molecule has 4 rings (SSSR count). The SMILES string of the molecule is O=C(Nc1ccccc1OC(F)(F)F)C(=O)N1CC2(CC2)C[C@H]1C(=O)N[C@@H](C[C@@H]1CCNC1=O)C(=O)COC(F)(F)F. The lowest BCUT2D eigenvalue weighted by atomic mass is 9.95. The third-order valence-corrected chi connectivity index (χ3v) is 7.35. The van der Waals surface area contributed by atoms with E-state index in [1.54, 1.807) is 0 Å². The summed E-state index contributed by atoms with van der Waals surface area (Å²) in [6.07, 6.45) is -8.97. The van der Waals surface area contributed by atoms with Gasteiger partial charge in [-0.15, -0.1) is 26.3 Å². The number of para-hydroxylation sites is 2. The monoisotopic (exact) mass is 608 g/mol. The Kier molecular flexibility index (Phi) is 8.71. The van der Waals surface area contributed by atoms with Gasteiger partial charge in [0.2, 0.25) is 11.8 Å². The number of carbonyl (C=O) groups is 5. The summed E-state index contributed by atoms with van der Waals surface area (Å²) < 4.78 is 83.4. The van der Waals surface area contributed by atoms with Crippen molar-refractivity contribution in [1.82, 2.24) is 15.5 Å². The topological polar surface area (TPSA) is 143 Å². The highest BCUT2D eigenvalue weighted by molar-refractivity contribution is 6.40. The molecule has 17 heteroatoms. The van der Waals surface area contributed by atoms with E-state index < -0.39 is 83.6 Å². The second kappa shape index (κ2) is 11.8. The molecule has 2 saturated heterocycles. The van der Waals surface area contributed by atoms with Crippen LogP contribution in [0, 0.1) is 11.3 Å². The number of hydrogen-bond donors (Lipinski definition) is 3. The zero-order valence-electron chi connectivity index (χ0n) is 21.8. The molecule has 3 N–H and O–H groups in total. The molecule has 1 saturated carbocycles. The van der Waals surface area contributed by atoms with E-state index in [2.05, 4.69) is 25.4 Å². The molecule has 0 radical (unpaired) electrons. The number of ether oxygens (including phenoxy) is 2. The number of benzene rings is 1. The van der Waals surface area contributed by atoms with Gasteiger partial charge in [-0.1, -0.05) is 12.1 Å². The molecule has 0 unspecified atom stereocenters. The molecule has 3 aliphatic rings. The summed E-state index contributed by atoms with van der Waals surface area (Å²) in [6.45, 7) is -1.20. The first-order valence-electron chi connectivity index (χ1n) is 12.8. The smallest absolute Gasteiger partial charge is 0.404 e. The standard InChI is InChI=1S/C25H26F6N4O7/c26-24(27,28)41-11-17(36)15(9-13-5-8-32-19(13)37)34-20(38)16-10-23(6-7-23)12-35(16)22(40)21(39)33-14-3-1-2-4-18(14)42-25(29,30)31/h1-4,13,15-16H,5-12H2,(H,32,37)(H,33,39)(H,34,38)/t13-,15-,16-/m0/s1. The molecule has 1 aromatic rings. The summed E-state index contributed by atoms with van der Waals surface area (Å²) in [5.74, 6) is -6.71. The number of rotatable bonds is 9. The third kappa shape index (κ3) is 7.89. The first-order chi connectivity index (χ1) is 19.6. The number of alkyl halides is 6. The van der Waals surface area contributed by atoms with Crippen LogP contribution in [0.5, 0.6) is 5.75 Å². The first kappa shape index (κ1) is 31.1. The van der Waals surface area contributed by atoms with Gasteiger partial charge in [-0.3, -0.25) is 28.7 Å². The van der Waals surface area contributed by atoms with Crippen molar-refractivity contribution >= 4 is 35.1 Å². The number of anilines is 1. The molecule has 1 spiro atoms. The zero-order valence-corrected chi connectivity index (χ0v) is 21.8. The van der Waals surface area contributed by atoms with Crippen LogP contribution < -0.4 is 20.7 Å². The average molecular weight is 608 g/mol. The fourth-order valence-corrected chi connectivity index (χ4v) is 5.08. The number of likely N-dealkylation sites (tertiary alicyclic amines) is 1. The molecule has 4 amide bonds. The minimum Gasteiger partial charge on any atom is -0.404 e.